The van der Waals surface area contributed by atoms with Gasteiger partial charge in [-0.3, -0.25) is 14.5 Å². The molecule has 1 aliphatic carbocycles. The SMILES string of the molecule is C#Cc1cnc(C2=CCN(c3nc4c(c(NC5(CNC(=NC)NC#N)CCC5)n3)S(=O)CC4)CC2)nc1. The standard InChI is InChI=1S/C25H28N10OS/c1-3-17-13-28-21(29-14-17)18-5-10-35(11-6-18)24-32-19-7-12-37(36)20(19)22(33-24)34-25(8-4-9-25)15-30-23(27-2)31-16-26/h1,5,13-14H,4,6-12,15H2,2H3,(H2,27,30,31)(H,32,33,34). The Kier molecular flexibility index (Phi) is 7.01. The minimum absolute atomic E-state index is 0.268. The molecular formula is C25H28N10OS. The molecule has 0 aromatic carbocycles. The quantitative estimate of drug-likeness (QED) is 0.168. The van der Waals surface area contributed by atoms with Crippen molar-refractivity contribution in [2.45, 2.75) is 42.5 Å². The van der Waals surface area contributed by atoms with Crippen LogP contribution in [-0.4, -0.2) is 68.1 Å². The smallest absolute Gasteiger partial charge is 0.227 e. The van der Waals surface area contributed by atoms with Crippen molar-refractivity contribution in [1.82, 2.24) is 30.6 Å². The van der Waals surface area contributed by atoms with Crippen LogP contribution in [0.5, 0.6) is 0 Å². The van der Waals surface area contributed by atoms with Crippen LogP contribution in [0.1, 0.15) is 42.8 Å². The van der Waals surface area contributed by atoms with Crippen molar-refractivity contribution in [1.29, 1.82) is 5.26 Å². The van der Waals surface area contributed by atoms with E-state index in [2.05, 4.69) is 47.8 Å². The van der Waals surface area contributed by atoms with Crippen molar-refractivity contribution in [2.75, 3.05) is 42.7 Å². The fourth-order valence-corrected chi connectivity index (χ4v) is 6.02. The molecule has 190 valence electrons. The predicted molar refractivity (Wildman–Crippen MR) is 142 cm³/mol. The fourth-order valence-electron chi connectivity index (χ4n) is 4.72. The van der Waals surface area contributed by atoms with Crippen molar-refractivity contribution >= 4 is 34.1 Å². The Morgan fingerprint density at radius 3 is 2.73 bits per heavy atom. The normalized spacial score (nSPS) is 20.1. The van der Waals surface area contributed by atoms with E-state index in [1.165, 1.54) is 0 Å². The summed E-state index contributed by atoms with van der Waals surface area (Å²) in [5.41, 5.74) is 2.30. The van der Waals surface area contributed by atoms with Gasteiger partial charge in [0.05, 0.1) is 27.6 Å². The topological polar surface area (TPSA) is 144 Å². The summed E-state index contributed by atoms with van der Waals surface area (Å²) in [5.74, 6) is 5.47. The van der Waals surface area contributed by atoms with Crippen molar-refractivity contribution in [3.8, 4) is 18.5 Å². The number of fused-ring (bicyclic) bond motifs is 1. The molecule has 1 atom stereocenters. The number of anilines is 2. The highest BCUT2D eigenvalue weighted by Gasteiger charge is 2.39. The van der Waals surface area contributed by atoms with Gasteiger partial charge < -0.3 is 15.5 Å². The van der Waals surface area contributed by atoms with E-state index in [0.717, 1.165) is 43.5 Å². The van der Waals surface area contributed by atoms with E-state index in [9.17, 15) is 4.21 Å². The van der Waals surface area contributed by atoms with Gasteiger partial charge in [0.25, 0.3) is 0 Å². The number of hydrogen-bond acceptors (Lipinski definition) is 9. The molecule has 3 N–H and O–H groups in total. The van der Waals surface area contributed by atoms with Gasteiger partial charge in [-0.25, -0.2) is 15.0 Å². The summed E-state index contributed by atoms with van der Waals surface area (Å²) in [7, 11) is 0.488. The van der Waals surface area contributed by atoms with Crippen molar-refractivity contribution in [2.24, 2.45) is 4.99 Å². The van der Waals surface area contributed by atoms with Crippen LogP contribution in [0.4, 0.5) is 11.8 Å². The second kappa shape index (κ2) is 10.5. The number of rotatable bonds is 6. The van der Waals surface area contributed by atoms with Crippen LogP contribution in [0, 0.1) is 23.8 Å². The van der Waals surface area contributed by atoms with E-state index >= 15 is 0 Å². The van der Waals surface area contributed by atoms with Crippen LogP contribution in [0.15, 0.2) is 28.4 Å². The largest absolute Gasteiger partial charge is 0.362 e. The lowest BCUT2D eigenvalue weighted by atomic mass is 9.76. The zero-order valence-electron chi connectivity index (χ0n) is 20.6. The van der Waals surface area contributed by atoms with E-state index in [1.54, 1.807) is 19.4 Å². The van der Waals surface area contributed by atoms with Crippen LogP contribution in [0.2, 0.25) is 0 Å². The van der Waals surface area contributed by atoms with E-state index in [4.69, 9.17) is 21.7 Å². The first-order valence-corrected chi connectivity index (χ1v) is 13.5. The number of aryl methyl sites for hydroxylation is 1. The Balaban J connectivity index is 1.37. The molecule has 5 rings (SSSR count). The number of nitriles is 1. The molecule has 0 spiro atoms. The van der Waals surface area contributed by atoms with Crippen LogP contribution in [0.25, 0.3) is 5.57 Å². The number of hydrogen-bond donors (Lipinski definition) is 3. The van der Waals surface area contributed by atoms with Crippen LogP contribution >= 0.6 is 0 Å². The zero-order chi connectivity index (χ0) is 25.8. The molecular weight excluding hydrogens is 488 g/mol. The van der Waals surface area contributed by atoms with Gasteiger partial charge in [0.2, 0.25) is 11.9 Å². The van der Waals surface area contributed by atoms with Crippen LogP contribution in [-0.2, 0) is 17.2 Å². The molecule has 1 fully saturated rings. The fraction of sp³-hybridized carbons (Fsp3) is 0.440. The molecule has 3 aliphatic rings. The Bertz CT molecular complexity index is 1350. The van der Waals surface area contributed by atoms with E-state index in [-0.39, 0.29) is 5.54 Å². The monoisotopic (exact) mass is 516 g/mol. The molecule has 0 saturated heterocycles. The van der Waals surface area contributed by atoms with Gasteiger partial charge in [-0.05, 0) is 31.3 Å². The summed E-state index contributed by atoms with van der Waals surface area (Å²) in [5, 5.41) is 18.3. The lowest BCUT2D eigenvalue weighted by Gasteiger charge is -2.43. The number of nitrogens with zero attached hydrogens (tertiary/aromatic N) is 7. The summed E-state index contributed by atoms with van der Waals surface area (Å²) in [6, 6.07) is 0. The molecule has 0 amide bonds. The number of nitrogens with one attached hydrogen (secondary N) is 3. The third kappa shape index (κ3) is 5.11. The second-order valence-corrected chi connectivity index (χ2v) is 10.7. The van der Waals surface area contributed by atoms with Gasteiger partial charge in [-0.15, -0.1) is 6.42 Å². The summed E-state index contributed by atoms with van der Waals surface area (Å²) in [6.45, 7) is 1.90. The number of aliphatic imine (C=N–C) groups is 1. The first-order valence-electron chi connectivity index (χ1n) is 12.2. The Morgan fingerprint density at radius 2 is 2.11 bits per heavy atom. The summed E-state index contributed by atoms with van der Waals surface area (Å²) in [6.07, 6.45) is 17.1. The third-order valence-electron chi connectivity index (χ3n) is 6.96. The minimum Gasteiger partial charge on any atom is -0.362 e. The molecule has 1 unspecified atom stereocenters. The van der Waals surface area contributed by atoms with Gasteiger partial charge in [-0.1, -0.05) is 12.0 Å². The van der Waals surface area contributed by atoms with Crippen molar-refractivity contribution in [3.05, 3.63) is 35.6 Å². The van der Waals surface area contributed by atoms with Gasteiger partial charge in [0.1, 0.15) is 10.7 Å². The third-order valence-corrected chi connectivity index (χ3v) is 8.42. The zero-order valence-corrected chi connectivity index (χ0v) is 21.4. The predicted octanol–water partition coefficient (Wildman–Crippen LogP) is 1.19. The van der Waals surface area contributed by atoms with E-state index < -0.39 is 10.8 Å². The second-order valence-electron chi connectivity index (χ2n) is 9.23. The molecule has 11 nitrogen and oxygen atoms in total. The van der Waals surface area contributed by atoms with Gasteiger partial charge >= 0.3 is 0 Å². The van der Waals surface area contributed by atoms with Gasteiger partial charge in [0.15, 0.2) is 12.0 Å². The number of aromatic nitrogens is 4. The van der Waals surface area contributed by atoms with Crippen LogP contribution in [0.3, 0.4) is 0 Å². The summed E-state index contributed by atoms with van der Waals surface area (Å²) in [4.78, 5) is 25.4. The highest BCUT2D eigenvalue weighted by Crippen LogP contribution is 2.38. The molecule has 4 heterocycles. The molecule has 0 radical (unpaired) electrons. The first-order chi connectivity index (χ1) is 18.0. The maximum absolute atomic E-state index is 12.9. The maximum atomic E-state index is 12.9. The summed E-state index contributed by atoms with van der Waals surface area (Å²) < 4.78 is 12.9. The lowest BCUT2D eigenvalue weighted by Crippen LogP contribution is -2.55. The van der Waals surface area contributed by atoms with Crippen molar-refractivity contribution < 1.29 is 4.21 Å². The number of terminal acetylenes is 1. The van der Waals surface area contributed by atoms with E-state index in [0.29, 0.717) is 59.3 Å². The highest BCUT2D eigenvalue weighted by atomic mass is 32.2. The highest BCUT2D eigenvalue weighted by molar-refractivity contribution is 7.85. The average Bonchev–Trinajstić information content (AvgIpc) is 3.30. The molecule has 37 heavy (non-hydrogen) atoms. The molecule has 0 bridgehead atoms. The first kappa shape index (κ1) is 24.7. The Hall–Kier alpha value is -4.03. The lowest BCUT2D eigenvalue weighted by molar-refractivity contribution is 0.276. The molecule has 12 heteroatoms. The molecule has 2 aliphatic heterocycles. The van der Waals surface area contributed by atoms with Gasteiger partial charge in [0, 0.05) is 51.2 Å². The summed E-state index contributed by atoms with van der Waals surface area (Å²) >= 11 is 0. The average molecular weight is 517 g/mol. The Labute approximate surface area is 218 Å². The van der Waals surface area contributed by atoms with E-state index in [1.807, 2.05) is 6.19 Å². The Morgan fingerprint density at radius 1 is 1.30 bits per heavy atom. The van der Waals surface area contributed by atoms with Crippen LogP contribution < -0.4 is 20.9 Å². The molecule has 2 aromatic rings. The molecule has 2 aromatic heterocycles. The van der Waals surface area contributed by atoms with Gasteiger partial charge in [-0.2, -0.15) is 10.2 Å². The minimum atomic E-state index is -1.13. The maximum Gasteiger partial charge on any atom is 0.227 e. The molecule has 1 saturated carbocycles. The number of guanidine groups is 1. The van der Waals surface area contributed by atoms with Crippen molar-refractivity contribution in [3.63, 3.8) is 0 Å².